The van der Waals surface area contributed by atoms with Crippen LogP contribution in [0.15, 0.2) is 71.5 Å². The molecule has 0 fully saturated rings. The molecule has 0 bridgehead atoms. The van der Waals surface area contributed by atoms with E-state index in [0.29, 0.717) is 29.6 Å². The monoisotopic (exact) mass is 405 g/mol. The number of anilines is 1. The first kappa shape index (κ1) is 18.1. The van der Waals surface area contributed by atoms with Gasteiger partial charge in [0.05, 0.1) is 7.11 Å². The Bertz CT molecular complexity index is 1090. The van der Waals surface area contributed by atoms with Gasteiger partial charge in [0.2, 0.25) is 13.0 Å². The van der Waals surface area contributed by atoms with Crippen LogP contribution in [0.2, 0.25) is 0 Å². The zero-order chi connectivity index (χ0) is 20.7. The molecule has 30 heavy (non-hydrogen) atoms. The first-order valence-corrected chi connectivity index (χ1v) is 9.41. The third-order valence-electron chi connectivity index (χ3n) is 5.20. The van der Waals surface area contributed by atoms with E-state index in [4.69, 9.17) is 14.2 Å². The summed E-state index contributed by atoms with van der Waals surface area (Å²) in [4.78, 5) is 20.3. The first-order chi connectivity index (χ1) is 14.6. The van der Waals surface area contributed by atoms with Crippen LogP contribution in [-0.2, 0) is 11.3 Å². The number of aliphatic carboxylic acids is 1. The third-order valence-corrected chi connectivity index (χ3v) is 5.20. The van der Waals surface area contributed by atoms with Crippen molar-refractivity contribution in [2.45, 2.75) is 12.7 Å². The van der Waals surface area contributed by atoms with E-state index >= 15 is 0 Å². The van der Waals surface area contributed by atoms with Gasteiger partial charge in [0.15, 0.2) is 11.5 Å². The zero-order valence-electron chi connectivity index (χ0n) is 16.2. The normalized spacial score (nSPS) is 18.8. The molecule has 1 N–H and O–H groups in total. The second-order valence-corrected chi connectivity index (χ2v) is 6.99. The fourth-order valence-corrected chi connectivity index (χ4v) is 3.78. The Morgan fingerprint density at radius 2 is 2.00 bits per heavy atom. The number of aliphatic imine (C=N–C) groups is 1. The van der Waals surface area contributed by atoms with Gasteiger partial charge >= 0.3 is 5.97 Å². The van der Waals surface area contributed by atoms with Gasteiger partial charge in [-0.3, -0.25) is 0 Å². The molecule has 8 heteroatoms. The molecule has 3 aliphatic rings. The second kappa shape index (κ2) is 7.14. The van der Waals surface area contributed by atoms with E-state index < -0.39 is 12.1 Å². The average Bonchev–Trinajstić information content (AvgIpc) is 3.42. The highest BCUT2D eigenvalue weighted by atomic mass is 16.7. The molecule has 2 aromatic carbocycles. The Balaban J connectivity index is 1.53. The lowest BCUT2D eigenvalue weighted by molar-refractivity contribution is -0.141. The first-order valence-electron chi connectivity index (χ1n) is 9.41. The zero-order valence-corrected chi connectivity index (χ0v) is 16.2. The predicted octanol–water partition coefficient (Wildman–Crippen LogP) is 2.97. The highest BCUT2D eigenvalue weighted by Gasteiger charge is 2.39. The number of benzene rings is 2. The molecular weight excluding hydrogens is 386 g/mol. The molecule has 8 nitrogen and oxygen atoms in total. The molecule has 2 aromatic rings. The molecule has 1 unspecified atom stereocenters. The molecule has 3 aliphatic heterocycles. The highest BCUT2D eigenvalue weighted by Crippen LogP contribution is 2.35. The number of ether oxygens (including phenoxy) is 3. The van der Waals surface area contributed by atoms with Crippen molar-refractivity contribution in [3.8, 4) is 17.2 Å². The lowest BCUT2D eigenvalue weighted by Crippen LogP contribution is -2.56. The summed E-state index contributed by atoms with van der Waals surface area (Å²) >= 11 is 0. The summed E-state index contributed by atoms with van der Waals surface area (Å²) in [5.41, 5.74) is 2.49. The van der Waals surface area contributed by atoms with Gasteiger partial charge in [-0.05, 0) is 48.0 Å². The Morgan fingerprint density at radius 3 is 2.77 bits per heavy atom. The van der Waals surface area contributed by atoms with Crippen molar-refractivity contribution < 1.29 is 24.1 Å². The van der Waals surface area contributed by atoms with Crippen LogP contribution in [-0.4, -0.2) is 41.9 Å². The SMILES string of the molecule is COc1ccc(N2C=C3C=CN=C3N(Cc3ccc4c(c3)OCO4)C2C(=O)O)cc1. The second-order valence-electron chi connectivity index (χ2n) is 6.99. The van der Waals surface area contributed by atoms with E-state index in [1.54, 1.807) is 23.1 Å². The maximum atomic E-state index is 12.4. The van der Waals surface area contributed by atoms with Crippen LogP contribution < -0.4 is 19.1 Å². The summed E-state index contributed by atoms with van der Waals surface area (Å²) in [7, 11) is 1.59. The number of amidine groups is 1. The Kier molecular flexibility index (Phi) is 4.31. The van der Waals surface area contributed by atoms with E-state index in [1.165, 1.54) is 0 Å². The molecule has 0 spiro atoms. The smallest absolute Gasteiger partial charge is 0.347 e. The quantitative estimate of drug-likeness (QED) is 0.819. The number of methoxy groups -OCH3 is 1. The molecule has 0 aliphatic carbocycles. The number of hydrogen-bond donors (Lipinski definition) is 1. The summed E-state index contributed by atoms with van der Waals surface area (Å²) < 4.78 is 16.1. The summed E-state index contributed by atoms with van der Waals surface area (Å²) in [6, 6.07) is 12.9. The van der Waals surface area contributed by atoms with E-state index in [0.717, 1.165) is 16.8 Å². The van der Waals surface area contributed by atoms with Crippen LogP contribution in [0.25, 0.3) is 0 Å². The molecule has 0 amide bonds. The fourth-order valence-electron chi connectivity index (χ4n) is 3.78. The molecule has 5 rings (SSSR count). The van der Waals surface area contributed by atoms with E-state index in [-0.39, 0.29) is 6.79 Å². The van der Waals surface area contributed by atoms with Gasteiger partial charge in [-0.1, -0.05) is 6.07 Å². The highest BCUT2D eigenvalue weighted by molar-refractivity contribution is 6.07. The Morgan fingerprint density at radius 1 is 1.20 bits per heavy atom. The van der Waals surface area contributed by atoms with Crippen LogP contribution in [0.4, 0.5) is 5.69 Å². The van der Waals surface area contributed by atoms with Crippen molar-refractivity contribution >= 4 is 17.5 Å². The van der Waals surface area contributed by atoms with Crippen LogP contribution in [0, 0.1) is 0 Å². The molecule has 152 valence electrons. The fraction of sp³-hybridized carbons (Fsp3) is 0.182. The van der Waals surface area contributed by atoms with Crippen LogP contribution in [0.1, 0.15) is 5.56 Å². The largest absolute Gasteiger partial charge is 0.497 e. The summed E-state index contributed by atoms with van der Waals surface area (Å²) in [6.07, 6.45) is 4.41. The topological polar surface area (TPSA) is 83.8 Å². The van der Waals surface area contributed by atoms with Gasteiger partial charge in [-0.15, -0.1) is 0 Å². The number of rotatable bonds is 5. The van der Waals surface area contributed by atoms with Crippen molar-refractivity contribution in [2.24, 2.45) is 4.99 Å². The third kappa shape index (κ3) is 3.02. The maximum absolute atomic E-state index is 12.4. The van der Waals surface area contributed by atoms with Gasteiger partial charge in [-0.2, -0.15) is 0 Å². The number of fused-ring (bicyclic) bond motifs is 2. The number of carboxylic acids is 1. The van der Waals surface area contributed by atoms with Gasteiger partial charge in [0.1, 0.15) is 11.6 Å². The van der Waals surface area contributed by atoms with E-state index in [2.05, 4.69) is 4.99 Å². The van der Waals surface area contributed by atoms with E-state index in [1.807, 2.05) is 54.7 Å². The van der Waals surface area contributed by atoms with Crippen molar-refractivity contribution in [2.75, 3.05) is 18.8 Å². The predicted molar refractivity (Wildman–Crippen MR) is 110 cm³/mol. The molecule has 0 radical (unpaired) electrons. The Hall–Kier alpha value is -3.94. The van der Waals surface area contributed by atoms with Gasteiger partial charge < -0.3 is 29.1 Å². The number of nitrogens with zero attached hydrogens (tertiary/aromatic N) is 3. The van der Waals surface area contributed by atoms with Crippen LogP contribution >= 0.6 is 0 Å². The number of hydrogen-bond acceptors (Lipinski definition) is 7. The maximum Gasteiger partial charge on any atom is 0.347 e. The molecule has 0 saturated heterocycles. The summed E-state index contributed by atoms with van der Waals surface area (Å²) in [5, 5.41) is 10.1. The van der Waals surface area contributed by atoms with Crippen LogP contribution in [0.5, 0.6) is 17.2 Å². The van der Waals surface area contributed by atoms with Gasteiger partial charge in [0.25, 0.3) is 0 Å². The minimum Gasteiger partial charge on any atom is -0.497 e. The van der Waals surface area contributed by atoms with Crippen LogP contribution in [0.3, 0.4) is 0 Å². The molecule has 1 atom stereocenters. The van der Waals surface area contributed by atoms with Crippen molar-refractivity contribution in [3.63, 3.8) is 0 Å². The van der Waals surface area contributed by atoms with E-state index in [9.17, 15) is 9.90 Å². The van der Waals surface area contributed by atoms with Gasteiger partial charge in [-0.25, -0.2) is 9.79 Å². The average molecular weight is 405 g/mol. The lowest BCUT2D eigenvalue weighted by Gasteiger charge is -2.41. The molecular formula is C22H19N3O5. The van der Waals surface area contributed by atoms with Crippen molar-refractivity contribution in [1.29, 1.82) is 0 Å². The molecule has 0 aromatic heterocycles. The minimum atomic E-state index is -0.975. The number of carbonyl (C=O) groups is 1. The summed E-state index contributed by atoms with van der Waals surface area (Å²) in [6.45, 7) is 0.535. The standard InChI is InChI=1S/C22H19N3O5/c1-28-17-5-3-16(4-6-17)24-12-15-8-9-23-20(15)25(21(24)22(26)27)11-14-2-7-18-19(10-14)30-13-29-18/h2-10,12,21H,11,13H2,1H3,(H,26,27). The number of carboxylic acid groups (broad SMARTS) is 1. The van der Waals surface area contributed by atoms with Crippen molar-refractivity contribution in [1.82, 2.24) is 4.90 Å². The lowest BCUT2D eigenvalue weighted by atomic mass is 10.1. The molecule has 3 heterocycles. The van der Waals surface area contributed by atoms with Crippen molar-refractivity contribution in [3.05, 3.63) is 72.1 Å². The summed E-state index contributed by atoms with van der Waals surface area (Å²) in [5.74, 6) is 1.70. The van der Waals surface area contributed by atoms with Gasteiger partial charge in [0, 0.05) is 30.2 Å². The Labute approximate surface area is 172 Å². The minimum absolute atomic E-state index is 0.189. The molecule has 0 saturated carbocycles.